The maximum absolute atomic E-state index is 11.9. The van der Waals surface area contributed by atoms with Gasteiger partial charge < -0.3 is 0 Å². The van der Waals surface area contributed by atoms with Crippen LogP contribution in [-0.2, 0) is 16.8 Å². The van der Waals surface area contributed by atoms with Gasteiger partial charge >= 0.3 is 0 Å². The van der Waals surface area contributed by atoms with Gasteiger partial charge in [0.05, 0.1) is 0 Å². The lowest BCUT2D eigenvalue weighted by molar-refractivity contribution is 0.464. The van der Waals surface area contributed by atoms with Crippen molar-refractivity contribution in [1.82, 2.24) is 9.03 Å². The van der Waals surface area contributed by atoms with Gasteiger partial charge in [0.1, 0.15) is 0 Å². The fraction of sp³-hybridized carbons (Fsp3) is 0.455. The van der Waals surface area contributed by atoms with Crippen LogP contribution in [-0.4, -0.2) is 25.8 Å². The molecule has 1 aliphatic rings. The molecule has 6 heteroatoms. The van der Waals surface area contributed by atoms with Crippen molar-refractivity contribution in [2.75, 3.05) is 13.1 Å². The van der Waals surface area contributed by atoms with E-state index in [1.54, 1.807) is 12.1 Å². The Balaban J connectivity index is 1.97. The molecule has 0 radical (unpaired) electrons. The normalized spacial score (nSPS) is 17.5. The molecule has 1 fully saturated rings. The fourth-order valence-electron chi connectivity index (χ4n) is 1.84. The van der Waals surface area contributed by atoms with E-state index in [9.17, 15) is 8.42 Å². The highest BCUT2D eigenvalue weighted by Gasteiger charge is 2.24. The third-order valence-corrected chi connectivity index (χ3v) is 4.54. The van der Waals surface area contributed by atoms with Crippen molar-refractivity contribution >= 4 is 21.8 Å². The van der Waals surface area contributed by atoms with Crippen molar-refractivity contribution in [3.8, 4) is 0 Å². The number of benzene rings is 1. The highest BCUT2D eigenvalue weighted by Crippen LogP contribution is 2.13. The highest BCUT2D eigenvalue weighted by molar-refractivity contribution is 7.87. The molecule has 0 bridgehead atoms. The summed E-state index contributed by atoms with van der Waals surface area (Å²) in [6.07, 6.45) is 1.89. The first-order valence-electron chi connectivity index (χ1n) is 5.57. The third kappa shape index (κ3) is 3.42. The molecule has 17 heavy (non-hydrogen) atoms. The first-order valence-corrected chi connectivity index (χ1v) is 7.39. The molecule has 0 aliphatic carbocycles. The van der Waals surface area contributed by atoms with Crippen LogP contribution in [0, 0.1) is 0 Å². The SMILES string of the molecule is O=S(=O)(NCc1cccc(Cl)c1)N1CCCC1. The van der Waals surface area contributed by atoms with E-state index in [0.29, 0.717) is 18.1 Å². The lowest BCUT2D eigenvalue weighted by Crippen LogP contribution is -2.38. The lowest BCUT2D eigenvalue weighted by Gasteiger charge is -2.16. The molecule has 0 amide bonds. The predicted octanol–water partition coefficient (Wildman–Crippen LogP) is 1.77. The van der Waals surface area contributed by atoms with Gasteiger partial charge in [-0.15, -0.1) is 0 Å². The van der Waals surface area contributed by atoms with Crippen LogP contribution in [0.15, 0.2) is 24.3 Å². The Morgan fingerprint density at radius 3 is 2.65 bits per heavy atom. The number of hydrogen-bond donors (Lipinski definition) is 1. The van der Waals surface area contributed by atoms with E-state index in [0.717, 1.165) is 18.4 Å². The van der Waals surface area contributed by atoms with E-state index >= 15 is 0 Å². The van der Waals surface area contributed by atoms with Crippen molar-refractivity contribution in [2.45, 2.75) is 19.4 Å². The summed E-state index contributed by atoms with van der Waals surface area (Å²) in [6.45, 7) is 1.51. The Hall–Kier alpha value is -0.620. The monoisotopic (exact) mass is 274 g/mol. The third-order valence-electron chi connectivity index (χ3n) is 2.75. The average Bonchev–Trinajstić information content (AvgIpc) is 2.81. The molecule has 94 valence electrons. The summed E-state index contributed by atoms with van der Waals surface area (Å²) in [5.41, 5.74) is 0.861. The molecule has 1 aromatic carbocycles. The summed E-state index contributed by atoms with van der Waals surface area (Å²) in [6, 6.07) is 7.17. The van der Waals surface area contributed by atoms with E-state index in [1.165, 1.54) is 4.31 Å². The van der Waals surface area contributed by atoms with Crippen LogP contribution in [0.25, 0.3) is 0 Å². The summed E-state index contributed by atoms with van der Waals surface area (Å²) in [4.78, 5) is 0. The van der Waals surface area contributed by atoms with Crippen molar-refractivity contribution < 1.29 is 8.42 Å². The zero-order valence-corrected chi connectivity index (χ0v) is 11.0. The van der Waals surface area contributed by atoms with Gasteiger partial charge in [-0.1, -0.05) is 23.7 Å². The van der Waals surface area contributed by atoms with Crippen molar-refractivity contribution in [2.24, 2.45) is 0 Å². The minimum atomic E-state index is -3.33. The number of halogens is 1. The molecule has 1 aliphatic heterocycles. The second kappa shape index (κ2) is 5.35. The fourth-order valence-corrected chi connectivity index (χ4v) is 3.32. The molecule has 2 rings (SSSR count). The molecule has 0 saturated carbocycles. The largest absolute Gasteiger partial charge is 0.279 e. The van der Waals surface area contributed by atoms with Crippen LogP contribution in [0.1, 0.15) is 18.4 Å². The van der Waals surface area contributed by atoms with Gasteiger partial charge in [-0.05, 0) is 30.5 Å². The number of nitrogens with one attached hydrogen (secondary N) is 1. The molecule has 4 nitrogen and oxygen atoms in total. The van der Waals surface area contributed by atoms with Gasteiger partial charge in [0.25, 0.3) is 10.2 Å². The molecule has 0 unspecified atom stereocenters. The maximum Gasteiger partial charge on any atom is 0.279 e. The van der Waals surface area contributed by atoms with Gasteiger partial charge in [0.15, 0.2) is 0 Å². The molecule has 0 atom stereocenters. The van der Waals surface area contributed by atoms with Gasteiger partial charge in [-0.2, -0.15) is 17.4 Å². The van der Waals surface area contributed by atoms with E-state index in [1.807, 2.05) is 12.1 Å². The van der Waals surface area contributed by atoms with Crippen LogP contribution >= 0.6 is 11.6 Å². The Bertz CT molecular complexity index is 484. The van der Waals surface area contributed by atoms with Crippen LogP contribution < -0.4 is 4.72 Å². The minimum absolute atomic E-state index is 0.277. The van der Waals surface area contributed by atoms with E-state index in [4.69, 9.17) is 11.6 Å². The molecular formula is C11H15ClN2O2S. The van der Waals surface area contributed by atoms with Crippen molar-refractivity contribution in [3.63, 3.8) is 0 Å². The molecule has 0 spiro atoms. The predicted molar refractivity (Wildman–Crippen MR) is 68.0 cm³/mol. The smallest absolute Gasteiger partial charge is 0.198 e. The zero-order chi connectivity index (χ0) is 12.3. The van der Waals surface area contributed by atoms with Crippen LogP contribution in [0.5, 0.6) is 0 Å². The Morgan fingerprint density at radius 2 is 2.00 bits per heavy atom. The summed E-state index contributed by atoms with van der Waals surface area (Å²) in [7, 11) is -3.33. The lowest BCUT2D eigenvalue weighted by atomic mass is 10.2. The van der Waals surface area contributed by atoms with Gasteiger partial charge in [0, 0.05) is 24.7 Å². The standard InChI is InChI=1S/C11H15ClN2O2S/c12-11-5-3-4-10(8-11)9-13-17(15,16)14-6-1-2-7-14/h3-5,8,13H,1-2,6-7,9H2. The van der Waals surface area contributed by atoms with Gasteiger partial charge in [-0.3, -0.25) is 0 Å². The average molecular weight is 275 g/mol. The van der Waals surface area contributed by atoms with Gasteiger partial charge in [0.2, 0.25) is 0 Å². The Kier molecular flexibility index (Phi) is 4.04. The number of hydrogen-bond acceptors (Lipinski definition) is 2. The quantitative estimate of drug-likeness (QED) is 0.910. The number of nitrogens with zero attached hydrogens (tertiary/aromatic N) is 1. The Labute approximate surface area is 107 Å². The summed E-state index contributed by atoms with van der Waals surface area (Å²) >= 11 is 5.83. The molecule has 1 saturated heterocycles. The molecular weight excluding hydrogens is 260 g/mol. The van der Waals surface area contributed by atoms with Crippen molar-refractivity contribution in [3.05, 3.63) is 34.9 Å². The first-order chi connectivity index (χ1) is 8.08. The van der Waals surface area contributed by atoms with Gasteiger partial charge in [-0.25, -0.2) is 0 Å². The molecule has 0 aromatic heterocycles. The maximum atomic E-state index is 11.9. The topological polar surface area (TPSA) is 49.4 Å². The second-order valence-corrected chi connectivity index (χ2v) is 6.25. The molecule has 1 N–H and O–H groups in total. The number of rotatable bonds is 4. The van der Waals surface area contributed by atoms with E-state index < -0.39 is 10.2 Å². The minimum Gasteiger partial charge on any atom is -0.198 e. The Morgan fingerprint density at radius 1 is 1.29 bits per heavy atom. The van der Waals surface area contributed by atoms with Crippen LogP contribution in [0.3, 0.4) is 0 Å². The van der Waals surface area contributed by atoms with Crippen LogP contribution in [0.4, 0.5) is 0 Å². The summed E-state index contributed by atoms with van der Waals surface area (Å²) in [5, 5.41) is 0.614. The first kappa shape index (κ1) is 12.8. The second-order valence-electron chi connectivity index (χ2n) is 4.06. The molecule has 1 heterocycles. The highest BCUT2D eigenvalue weighted by atomic mass is 35.5. The van der Waals surface area contributed by atoms with Crippen LogP contribution in [0.2, 0.25) is 5.02 Å². The van der Waals surface area contributed by atoms with Crippen molar-refractivity contribution in [1.29, 1.82) is 0 Å². The summed E-state index contributed by atoms with van der Waals surface area (Å²) in [5.74, 6) is 0. The van der Waals surface area contributed by atoms with E-state index in [-0.39, 0.29) is 6.54 Å². The molecule has 1 aromatic rings. The zero-order valence-electron chi connectivity index (χ0n) is 9.39. The summed E-state index contributed by atoms with van der Waals surface area (Å²) < 4.78 is 27.8. The van der Waals surface area contributed by atoms with E-state index in [2.05, 4.69) is 4.72 Å².